The Labute approximate surface area is 152 Å². The molecule has 2 aromatic heterocycles. The van der Waals surface area contributed by atoms with Gasteiger partial charge in [0.2, 0.25) is 11.2 Å². The van der Waals surface area contributed by atoms with E-state index < -0.39 is 0 Å². The van der Waals surface area contributed by atoms with Gasteiger partial charge < -0.3 is 19.8 Å². The van der Waals surface area contributed by atoms with Crippen molar-refractivity contribution in [3.63, 3.8) is 0 Å². The molecule has 25 heavy (non-hydrogen) atoms. The SMILES string of the molecule is COc1ccc(NC(=O)CSc2nc(Cl)nc3nc[nH]c23)cc1OC. The minimum atomic E-state index is -0.195. The van der Waals surface area contributed by atoms with Crippen LogP contribution in [0, 0.1) is 0 Å². The van der Waals surface area contributed by atoms with E-state index in [-0.39, 0.29) is 16.9 Å². The highest BCUT2D eigenvalue weighted by Crippen LogP contribution is 2.30. The summed E-state index contributed by atoms with van der Waals surface area (Å²) in [6.45, 7) is 0. The van der Waals surface area contributed by atoms with E-state index in [9.17, 15) is 4.79 Å². The van der Waals surface area contributed by atoms with Gasteiger partial charge in [0.1, 0.15) is 10.5 Å². The third-order valence-corrected chi connectivity index (χ3v) is 4.38. The van der Waals surface area contributed by atoms with E-state index >= 15 is 0 Å². The number of methoxy groups -OCH3 is 2. The van der Waals surface area contributed by atoms with Crippen molar-refractivity contribution < 1.29 is 14.3 Å². The second-order valence-corrected chi connectivity index (χ2v) is 6.11. The molecular weight excluding hydrogens is 366 g/mol. The molecule has 130 valence electrons. The van der Waals surface area contributed by atoms with E-state index in [1.807, 2.05) is 0 Å². The first kappa shape index (κ1) is 17.3. The quantitative estimate of drug-likeness (QED) is 0.385. The number of carbonyl (C=O) groups excluding carboxylic acids is 1. The van der Waals surface area contributed by atoms with Crippen LogP contribution in [0.15, 0.2) is 29.6 Å². The molecule has 0 aliphatic heterocycles. The zero-order valence-electron chi connectivity index (χ0n) is 13.4. The molecule has 1 aromatic carbocycles. The number of nitrogens with one attached hydrogen (secondary N) is 2. The summed E-state index contributed by atoms with van der Waals surface area (Å²) < 4.78 is 10.4. The average molecular weight is 380 g/mol. The Morgan fingerprint density at radius 3 is 2.84 bits per heavy atom. The second kappa shape index (κ2) is 7.58. The van der Waals surface area contributed by atoms with Crippen LogP contribution in [-0.4, -0.2) is 45.8 Å². The molecule has 0 aliphatic carbocycles. The Hall–Kier alpha value is -2.52. The first-order valence-corrected chi connectivity index (χ1v) is 8.48. The highest BCUT2D eigenvalue weighted by Gasteiger charge is 2.12. The minimum absolute atomic E-state index is 0.0856. The highest BCUT2D eigenvalue weighted by molar-refractivity contribution is 8.00. The number of thioether (sulfide) groups is 1. The molecular formula is C15H14ClN5O3S. The van der Waals surface area contributed by atoms with Crippen molar-refractivity contribution in [2.75, 3.05) is 25.3 Å². The number of hydrogen-bond donors (Lipinski definition) is 2. The Bertz CT molecular complexity index is 917. The lowest BCUT2D eigenvalue weighted by atomic mass is 10.2. The molecule has 2 heterocycles. The van der Waals surface area contributed by atoms with Gasteiger partial charge in [0.15, 0.2) is 17.1 Å². The fraction of sp³-hybridized carbons (Fsp3) is 0.200. The molecule has 0 spiro atoms. The van der Waals surface area contributed by atoms with Crippen molar-refractivity contribution in [3.8, 4) is 11.5 Å². The Morgan fingerprint density at radius 1 is 1.28 bits per heavy atom. The number of rotatable bonds is 6. The van der Waals surface area contributed by atoms with E-state index in [4.69, 9.17) is 21.1 Å². The van der Waals surface area contributed by atoms with Gasteiger partial charge >= 0.3 is 0 Å². The van der Waals surface area contributed by atoms with E-state index in [1.54, 1.807) is 25.3 Å². The molecule has 10 heteroatoms. The summed E-state index contributed by atoms with van der Waals surface area (Å²) in [6, 6.07) is 5.15. The largest absolute Gasteiger partial charge is 0.493 e. The van der Waals surface area contributed by atoms with Crippen LogP contribution >= 0.6 is 23.4 Å². The van der Waals surface area contributed by atoms with Gasteiger partial charge in [-0.1, -0.05) is 11.8 Å². The number of H-pyrrole nitrogens is 1. The Kier molecular flexibility index (Phi) is 5.25. The molecule has 0 unspecified atom stereocenters. The first-order chi connectivity index (χ1) is 12.1. The maximum absolute atomic E-state index is 12.2. The number of fused-ring (bicyclic) bond motifs is 1. The topological polar surface area (TPSA) is 102 Å². The third kappa shape index (κ3) is 3.94. The fourth-order valence-electron chi connectivity index (χ4n) is 2.13. The fourth-order valence-corrected chi connectivity index (χ4v) is 3.13. The maximum atomic E-state index is 12.2. The number of halogens is 1. The van der Waals surface area contributed by atoms with Gasteiger partial charge in [0.25, 0.3) is 0 Å². The summed E-state index contributed by atoms with van der Waals surface area (Å²) in [5.74, 6) is 1.08. The van der Waals surface area contributed by atoms with Crippen molar-refractivity contribution in [3.05, 3.63) is 29.8 Å². The number of benzene rings is 1. The standard InChI is InChI=1S/C15H14ClN5O3S/c1-23-9-4-3-8(5-10(9)24-2)19-11(22)6-25-14-12-13(18-7-17-12)20-15(16)21-14/h3-5,7H,6H2,1-2H3,(H,19,22)(H,17,18,20,21). The van der Waals surface area contributed by atoms with Gasteiger partial charge in [-0.05, 0) is 23.7 Å². The third-order valence-electron chi connectivity index (χ3n) is 3.23. The van der Waals surface area contributed by atoms with E-state index in [0.717, 1.165) is 0 Å². The molecule has 2 N–H and O–H groups in total. The molecule has 0 bridgehead atoms. The second-order valence-electron chi connectivity index (χ2n) is 4.81. The molecule has 0 radical (unpaired) electrons. The van der Waals surface area contributed by atoms with E-state index in [1.165, 1.54) is 25.2 Å². The lowest BCUT2D eigenvalue weighted by Gasteiger charge is -2.10. The smallest absolute Gasteiger partial charge is 0.234 e. The van der Waals surface area contributed by atoms with Crippen molar-refractivity contribution in [1.82, 2.24) is 19.9 Å². The summed E-state index contributed by atoms with van der Waals surface area (Å²) in [4.78, 5) is 27.3. The lowest BCUT2D eigenvalue weighted by molar-refractivity contribution is -0.113. The summed E-state index contributed by atoms with van der Waals surface area (Å²) in [7, 11) is 3.09. The lowest BCUT2D eigenvalue weighted by Crippen LogP contribution is -2.14. The van der Waals surface area contributed by atoms with Crippen LogP contribution in [0.25, 0.3) is 11.2 Å². The van der Waals surface area contributed by atoms with Crippen LogP contribution in [0.3, 0.4) is 0 Å². The Balaban J connectivity index is 1.67. The minimum Gasteiger partial charge on any atom is -0.493 e. The maximum Gasteiger partial charge on any atom is 0.234 e. The number of aromatic amines is 1. The van der Waals surface area contributed by atoms with Crippen molar-refractivity contribution in [1.29, 1.82) is 0 Å². The highest BCUT2D eigenvalue weighted by atomic mass is 35.5. The van der Waals surface area contributed by atoms with Crippen LogP contribution in [0.1, 0.15) is 0 Å². The molecule has 0 aliphatic rings. The number of imidazole rings is 1. The monoisotopic (exact) mass is 379 g/mol. The normalized spacial score (nSPS) is 10.7. The number of hydrogen-bond acceptors (Lipinski definition) is 7. The zero-order chi connectivity index (χ0) is 17.8. The molecule has 8 nitrogen and oxygen atoms in total. The van der Waals surface area contributed by atoms with Gasteiger partial charge in [-0.3, -0.25) is 4.79 Å². The number of ether oxygens (including phenoxy) is 2. The van der Waals surface area contributed by atoms with Gasteiger partial charge in [0, 0.05) is 11.8 Å². The zero-order valence-corrected chi connectivity index (χ0v) is 14.9. The van der Waals surface area contributed by atoms with Crippen molar-refractivity contribution in [2.24, 2.45) is 0 Å². The van der Waals surface area contributed by atoms with E-state index in [2.05, 4.69) is 25.3 Å². The van der Waals surface area contributed by atoms with Crippen molar-refractivity contribution in [2.45, 2.75) is 5.03 Å². The Morgan fingerprint density at radius 2 is 2.08 bits per heavy atom. The van der Waals surface area contributed by atoms with Crippen LogP contribution in [0.5, 0.6) is 11.5 Å². The molecule has 1 amide bonds. The van der Waals surface area contributed by atoms with Gasteiger partial charge in [-0.2, -0.15) is 4.98 Å². The number of nitrogens with zero attached hydrogens (tertiary/aromatic N) is 3. The molecule has 0 saturated carbocycles. The predicted molar refractivity (Wildman–Crippen MR) is 95.6 cm³/mol. The summed E-state index contributed by atoms with van der Waals surface area (Å²) >= 11 is 7.11. The van der Waals surface area contributed by atoms with E-state index in [0.29, 0.717) is 33.4 Å². The van der Waals surface area contributed by atoms with Gasteiger partial charge in [0.05, 0.1) is 26.3 Å². The number of anilines is 1. The first-order valence-electron chi connectivity index (χ1n) is 7.12. The predicted octanol–water partition coefficient (Wildman–Crippen LogP) is 2.75. The summed E-state index contributed by atoms with van der Waals surface area (Å²) in [6.07, 6.45) is 1.50. The van der Waals surface area contributed by atoms with Gasteiger partial charge in [-0.25, -0.2) is 9.97 Å². The molecule has 0 atom stereocenters. The summed E-state index contributed by atoms with van der Waals surface area (Å²) in [5, 5.41) is 3.45. The number of aromatic nitrogens is 4. The molecule has 0 saturated heterocycles. The molecule has 3 rings (SSSR count). The molecule has 3 aromatic rings. The van der Waals surface area contributed by atoms with Crippen LogP contribution < -0.4 is 14.8 Å². The average Bonchev–Trinajstić information content (AvgIpc) is 3.07. The van der Waals surface area contributed by atoms with Gasteiger partial charge in [-0.15, -0.1) is 0 Å². The number of carbonyl (C=O) groups is 1. The summed E-state index contributed by atoms with van der Waals surface area (Å²) in [5.41, 5.74) is 1.71. The number of amides is 1. The molecule has 0 fully saturated rings. The van der Waals surface area contributed by atoms with Crippen LogP contribution in [-0.2, 0) is 4.79 Å². The van der Waals surface area contributed by atoms with Crippen LogP contribution in [0.4, 0.5) is 5.69 Å². The van der Waals surface area contributed by atoms with Crippen LogP contribution in [0.2, 0.25) is 5.28 Å². The van der Waals surface area contributed by atoms with Crippen molar-refractivity contribution >= 4 is 46.1 Å².